The van der Waals surface area contributed by atoms with Gasteiger partial charge in [0.05, 0.1) is 81.6 Å². The van der Waals surface area contributed by atoms with Gasteiger partial charge in [0.25, 0.3) is 16.7 Å². The molecule has 9 aromatic heterocycles. The molecule has 9 heterocycles. The van der Waals surface area contributed by atoms with Gasteiger partial charge in [-0.05, 0) is 150 Å². The van der Waals surface area contributed by atoms with Crippen molar-refractivity contribution < 1.29 is 23.6 Å². The normalized spacial score (nSPS) is 18.9. The van der Waals surface area contributed by atoms with E-state index in [0.29, 0.717) is 96.7 Å². The van der Waals surface area contributed by atoms with Crippen molar-refractivity contribution in [3.05, 3.63) is 180 Å². The minimum atomic E-state index is -0.746. The van der Waals surface area contributed by atoms with Crippen LogP contribution < -0.4 is 38.4 Å². The van der Waals surface area contributed by atoms with Gasteiger partial charge in [-0.1, -0.05) is 44.6 Å². The number of hydrogen-bond donors (Lipinski definition) is 6. The van der Waals surface area contributed by atoms with Crippen LogP contribution in [0.5, 0.6) is 0 Å². The Morgan fingerprint density at radius 2 is 1.33 bits per heavy atom. The number of nitrogens with one attached hydrogen (secondary N) is 6. The van der Waals surface area contributed by atoms with E-state index in [4.69, 9.17) is 29.3 Å². The molecule has 29 nitrogen and oxygen atoms in total. The summed E-state index contributed by atoms with van der Waals surface area (Å²) >= 11 is 0. The summed E-state index contributed by atoms with van der Waals surface area (Å²) in [5.41, 5.74) is 6.72. The van der Waals surface area contributed by atoms with Gasteiger partial charge in [-0.2, -0.15) is 41.1 Å². The van der Waals surface area contributed by atoms with E-state index in [0.717, 1.165) is 75.5 Å². The maximum atomic E-state index is 14.9. The molecule has 3 fully saturated rings. The second-order valence-electron chi connectivity index (χ2n) is 26.8. The largest absolute Gasteiger partial charge is 0.460 e. The van der Waals surface area contributed by atoms with Crippen LogP contribution in [-0.4, -0.2) is 99.6 Å². The predicted molar refractivity (Wildman–Crippen MR) is 384 cm³/mol. The number of anilines is 6. The number of aliphatic imine (C=N–C) groups is 1. The topological polar surface area (TPSA) is 379 Å². The van der Waals surface area contributed by atoms with Crippen molar-refractivity contribution in [3.63, 3.8) is 0 Å². The number of rotatable bonds is 19. The van der Waals surface area contributed by atoms with Crippen molar-refractivity contribution >= 4 is 95.8 Å². The molecule has 3 saturated carbocycles. The molecule has 0 radical (unpaired) electrons. The number of nitriles is 2. The number of ether oxygens (including phenoxy) is 2. The minimum Gasteiger partial charge on any atom is -0.458 e. The van der Waals surface area contributed by atoms with E-state index in [1.54, 1.807) is 90.5 Å². The SMILES string of the molecule is CN=C(C)C1CCCCC1n1nc(Nc2ccc3nc(C(=O)OC(C)Cc4cc5c(c(Nc6ccc(-c7nc(=O)o[nH]7)cc6)nn5C5CCCCC5C#N)c(=O)[nH]4)ccc3c2)c2c(=O)n(COC(=O)c3cnn(-c4ccc(Nc5nn(C6CCCCC6C#N)c6cc[nH]c(=O)c56)cc4C)c3)ccc21. The molecule has 7 atom stereocenters. The zero-order valence-corrected chi connectivity index (χ0v) is 56.8. The lowest BCUT2D eigenvalue weighted by Gasteiger charge is -2.32. The summed E-state index contributed by atoms with van der Waals surface area (Å²) < 4.78 is 24.9. The molecule has 103 heavy (non-hydrogen) atoms. The molecule has 7 unspecified atom stereocenters. The maximum Gasteiger partial charge on any atom is 0.460 e. The number of esters is 2. The molecule has 0 bridgehead atoms. The summed E-state index contributed by atoms with van der Waals surface area (Å²) in [6, 6.07) is 31.1. The smallest absolute Gasteiger partial charge is 0.458 e. The Morgan fingerprint density at radius 1 is 0.699 bits per heavy atom. The lowest BCUT2D eigenvalue weighted by molar-refractivity contribution is 0.0332. The molecule has 15 rings (SSSR count). The van der Waals surface area contributed by atoms with Crippen molar-refractivity contribution in [1.82, 2.24) is 68.8 Å². The lowest BCUT2D eigenvalue weighted by atomic mass is 9.81. The van der Waals surface area contributed by atoms with E-state index in [-0.39, 0.29) is 76.1 Å². The Morgan fingerprint density at radius 3 is 2.03 bits per heavy atom. The molecule has 12 aromatic rings. The van der Waals surface area contributed by atoms with Gasteiger partial charge in [-0.15, -0.1) is 0 Å². The number of aromatic amines is 3. The standard InChI is InChI=1S/C74H72N20O9/c1-40-31-49(81-66-62-59(27-29-78-69(62)95)92(86-66)56-14-8-5-11-45(56)35-75)23-26-55(40)91-38-47(37-79-91)72(98)101-39-90-30-28-60-64(71(90)97)68(88-94(60)58-16-10-7-13-52(58)42(3)77-4)82-50-22-25-53-44(33-50)19-24-54(84-53)73(99)102-41(2)32-51-34-61-63(70(96)83-51)67(87-93(61)57-15-9-6-12-46(57)36-76)80-48-20-17-43(18-21-48)65-85-74(100)103-89-65/h17-31,33-34,37-38,41,45-46,52,56-58H,5-16,32,39H2,1-4H3,(H,78,95)(H,80,87)(H,81,86)(H,82,88)(H,83,96)(H,85,89,100). The highest BCUT2D eigenvalue weighted by Gasteiger charge is 2.35. The van der Waals surface area contributed by atoms with E-state index in [1.807, 2.05) is 65.7 Å². The summed E-state index contributed by atoms with van der Waals surface area (Å²) in [4.78, 5) is 100. The second kappa shape index (κ2) is 27.9. The second-order valence-corrected chi connectivity index (χ2v) is 26.8. The fourth-order valence-electron chi connectivity index (χ4n) is 15.1. The number of carbonyl (C=O) groups is 2. The molecule has 522 valence electrons. The summed E-state index contributed by atoms with van der Waals surface area (Å²) in [6.07, 6.45) is 16.0. The van der Waals surface area contributed by atoms with Crippen molar-refractivity contribution in [2.45, 2.75) is 135 Å². The number of benzene rings is 3. The van der Waals surface area contributed by atoms with Crippen molar-refractivity contribution in [2.75, 3.05) is 23.0 Å². The first kappa shape index (κ1) is 66.4. The average molecular weight is 1390 g/mol. The van der Waals surface area contributed by atoms with Crippen molar-refractivity contribution in [3.8, 4) is 29.2 Å². The number of aryl methyl sites for hydroxylation is 1. The molecule has 0 aliphatic heterocycles. The van der Waals surface area contributed by atoms with Gasteiger partial charge in [0, 0.05) is 77.4 Å². The van der Waals surface area contributed by atoms with Gasteiger partial charge in [0.15, 0.2) is 30.0 Å². The monoisotopic (exact) mass is 1380 g/mol. The van der Waals surface area contributed by atoms with Gasteiger partial charge in [0.1, 0.15) is 28.0 Å². The average Bonchev–Trinajstić information content (AvgIpc) is 1.62. The van der Waals surface area contributed by atoms with Gasteiger partial charge in [0.2, 0.25) is 0 Å². The zero-order valence-electron chi connectivity index (χ0n) is 56.8. The van der Waals surface area contributed by atoms with Crippen LogP contribution in [-0.2, 0) is 22.6 Å². The first-order chi connectivity index (χ1) is 50.1. The van der Waals surface area contributed by atoms with Crippen LogP contribution in [0, 0.1) is 47.3 Å². The molecule has 3 aliphatic rings. The van der Waals surface area contributed by atoms with Crippen molar-refractivity contribution in [1.29, 1.82) is 10.5 Å². The highest BCUT2D eigenvalue weighted by atomic mass is 16.5. The molecule has 6 N–H and O–H groups in total. The van der Waals surface area contributed by atoms with Crippen LogP contribution in [0.4, 0.5) is 34.5 Å². The van der Waals surface area contributed by atoms with E-state index in [1.165, 1.54) is 10.8 Å². The third-order valence-corrected chi connectivity index (χ3v) is 20.3. The third kappa shape index (κ3) is 13.0. The van der Waals surface area contributed by atoms with Crippen LogP contribution in [0.15, 0.2) is 144 Å². The summed E-state index contributed by atoms with van der Waals surface area (Å²) in [7, 11) is 1.79. The van der Waals surface area contributed by atoms with E-state index in [2.05, 4.69) is 63.3 Å². The number of hydrogen-bond acceptors (Lipinski definition) is 21. The fourth-order valence-corrected chi connectivity index (χ4v) is 15.1. The number of H-pyrrole nitrogens is 3. The first-order valence-corrected chi connectivity index (χ1v) is 34.6. The van der Waals surface area contributed by atoms with E-state index in [9.17, 15) is 39.3 Å². The molecule has 3 aliphatic carbocycles. The van der Waals surface area contributed by atoms with Gasteiger partial charge >= 0.3 is 17.7 Å². The Bertz CT molecular complexity index is 5670. The van der Waals surface area contributed by atoms with Gasteiger partial charge < -0.3 is 39.9 Å². The number of aromatic nitrogens is 14. The number of pyridine rings is 4. The molecular weight excluding hydrogens is 1310 g/mol. The Balaban J connectivity index is 0.639. The number of nitrogens with zero attached hydrogens (tertiary/aromatic N) is 14. The molecule has 0 saturated heterocycles. The first-order valence-electron chi connectivity index (χ1n) is 34.6. The van der Waals surface area contributed by atoms with E-state index < -0.39 is 41.6 Å². The Labute approximate surface area is 586 Å². The fraction of sp³-hybridized carbons (Fsp3) is 0.338. The summed E-state index contributed by atoms with van der Waals surface area (Å²) in [5.74, 6) is -1.37. The van der Waals surface area contributed by atoms with Crippen LogP contribution in [0.25, 0.3) is 60.7 Å². The van der Waals surface area contributed by atoms with Crippen LogP contribution in [0.3, 0.4) is 0 Å². The van der Waals surface area contributed by atoms with Gasteiger partial charge in [-0.25, -0.2) is 24.0 Å². The highest BCUT2D eigenvalue weighted by molar-refractivity contribution is 5.96. The van der Waals surface area contributed by atoms with Crippen molar-refractivity contribution in [2.24, 2.45) is 22.7 Å². The molecule has 0 amide bonds. The van der Waals surface area contributed by atoms with Crippen LogP contribution in [0.1, 0.15) is 141 Å². The Kier molecular flexibility index (Phi) is 18.0. The third-order valence-electron chi connectivity index (χ3n) is 20.3. The lowest BCUT2D eigenvalue weighted by Crippen LogP contribution is -2.29. The van der Waals surface area contributed by atoms with Gasteiger partial charge in [-0.3, -0.25) is 38.0 Å². The summed E-state index contributed by atoms with van der Waals surface area (Å²) in [5, 5.41) is 53.8. The number of carbonyl (C=O) groups excluding carboxylic acids is 2. The predicted octanol–water partition coefficient (Wildman–Crippen LogP) is 11.8. The molecule has 0 spiro atoms. The molecule has 29 heteroatoms. The maximum absolute atomic E-state index is 14.9. The molecule has 3 aromatic carbocycles. The summed E-state index contributed by atoms with van der Waals surface area (Å²) in [6.45, 7) is 5.23. The minimum absolute atomic E-state index is 0.0595. The van der Waals surface area contributed by atoms with E-state index >= 15 is 0 Å². The highest BCUT2D eigenvalue weighted by Crippen LogP contribution is 2.41. The zero-order chi connectivity index (χ0) is 71.2. The molecular formula is C74H72N20O9. The van der Waals surface area contributed by atoms with Crippen LogP contribution in [0.2, 0.25) is 0 Å². The van der Waals surface area contributed by atoms with Crippen LogP contribution >= 0.6 is 0 Å². The quantitative estimate of drug-likeness (QED) is 0.0323. The number of fused-ring (bicyclic) bond motifs is 4. The Hall–Kier alpha value is -12.5.